The quantitative estimate of drug-likeness (QED) is 0.539. The first-order chi connectivity index (χ1) is 13.7. The van der Waals surface area contributed by atoms with Gasteiger partial charge in [-0.3, -0.25) is 4.79 Å². The molecule has 3 heterocycles. The minimum absolute atomic E-state index is 0.0853. The molecule has 6 heteroatoms. The summed E-state index contributed by atoms with van der Waals surface area (Å²) in [5.41, 5.74) is 3.38. The molecule has 0 radical (unpaired) electrons. The molecule has 0 saturated carbocycles. The molecule has 0 aliphatic rings. The summed E-state index contributed by atoms with van der Waals surface area (Å²) in [5, 5.41) is 2.96. The third-order valence-electron chi connectivity index (χ3n) is 4.50. The molecule has 4 rings (SSSR count). The van der Waals surface area contributed by atoms with E-state index in [1.54, 1.807) is 0 Å². The lowest BCUT2D eigenvalue weighted by atomic mass is 10.2. The van der Waals surface area contributed by atoms with Gasteiger partial charge in [0.15, 0.2) is 11.4 Å². The first-order valence-corrected chi connectivity index (χ1v) is 9.35. The molecule has 3 aromatic heterocycles. The first kappa shape index (κ1) is 17.9. The van der Waals surface area contributed by atoms with Gasteiger partial charge in [0, 0.05) is 49.0 Å². The molecule has 0 aliphatic heterocycles. The fraction of sp³-hybridized carbons (Fsp3) is 0.182. The molecule has 0 bridgehead atoms. The number of rotatable bonds is 7. The van der Waals surface area contributed by atoms with Crippen LogP contribution in [0, 0.1) is 0 Å². The van der Waals surface area contributed by atoms with Gasteiger partial charge in [0.25, 0.3) is 5.91 Å². The molecular formula is C22H22N4O2. The van der Waals surface area contributed by atoms with E-state index in [1.165, 1.54) is 0 Å². The highest BCUT2D eigenvalue weighted by atomic mass is 16.5. The number of imidazole rings is 1. The fourth-order valence-electron chi connectivity index (χ4n) is 3.12. The normalized spacial score (nSPS) is 10.9. The van der Waals surface area contributed by atoms with Crippen LogP contribution >= 0.6 is 0 Å². The van der Waals surface area contributed by atoms with Crippen molar-refractivity contribution in [1.82, 2.24) is 19.3 Å². The van der Waals surface area contributed by atoms with Crippen LogP contribution in [-0.2, 0) is 6.42 Å². The van der Waals surface area contributed by atoms with Crippen molar-refractivity contribution in [2.24, 2.45) is 0 Å². The highest BCUT2D eigenvalue weighted by Gasteiger charge is 2.09. The Bertz CT molecular complexity index is 1070. The third kappa shape index (κ3) is 3.76. The molecular weight excluding hydrogens is 352 g/mol. The maximum Gasteiger partial charge on any atom is 0.251 e. The van der Waals surface area contributed by atoms with Crippen LogP contribution in [0.4, 0.5) is 0 Å². The number of hydrogen-bond donors (Lipinski definition) is 1. The number of pyridine rings is 1. The number of ether oxygens (including phenoxy) is 1. The summed E-state index contributed by atoms with van der Waals surface area (Å²) in [5.74, 6) is 0.681. The predicted octanol–water partition coefficient (Wildman–Crippen LogP) is 3.50. The smallest absolute Gasteiger partial charge is 0.251 e. The van der Waals surface area contributed by atoms with Crippen LogP contribution in [0.3, 0.4) is 0 Å². The number of carbonyl (C=O) groups excluding carboxylic acids is 1. The van der Waals surface area contributed by atoms with Crippen molar-refractivity contribution < 1.29 is 9.53 Å². The predicted molar refractivity (Wildman–Crippen MR) is 108 cm³/mol. The van der Waals surface area contributed by atoms with Crippen molar-refractivity contribution in [3.05, 3.63) is 84.6 Å². The SMILES string of the molecule is CCOc1cccn2cc(CCNC(=O)c3ccc(-n4cccc4)cc3)nc12. The van der Waals surface area contributed by atoms with E-state index in [0.717, 1.165) is 22.8 Å². The van der Waals surface area contributed by atoms with Gasteiger partial charge in [-0.1, -0.05) is 0 Å². The minimum atomic E-state index is -0.0853. The number of fused-ring (bicyclic) bond motifs is 1. The lowest BCUT2D eigenvalue weighted by molar-refractivity contribution is 0.0954. The van der Waals surface area contributed by atoms with Gasteiger partial charge in [0.2, 0.25) is 0 Å². The summed E-state index contributed by atoms with van der Waals surface area (Å²) in [4.78, 5) is 17.0. The zero-order valence-corrected chi connectivity index (χ0v) is 15.7. The van der Waals surface area contributed by atoms with Crippen molar-refractivity contribution in [2.45, 2.75) is 13.3 Å². The Labute approximate surface area is 163 Å². The Kier molecular flexibility index (Phi) is 5.10. The van der Waals surface area contributed by atoms with E-state index in [-0.39, 0.29) is 5.91 Å². The zero-order valence-electron chi connectivity index (χ0n) is 15.7. The Balaban J connectivity index is 1.36. The van der Waals surface area contributed by atoms with Gasteiger partial charge in [0.1, 0.15) is 0 Å². The van der Waals surface area contributed by atoms with Gasteiger partial charge >= 0.3 is 0 Å². The fourth-order valence-corrected chi connectivity index (χ4v) is 3.12. The summed E-state index contributed by atoms with van der Waals surface area (Å²) in [6.45, 7) is 3.07. The lowest BCUT2D eigenvalue weighted by Gasteiger charge is -2.06. The van der Waals surface area contributed by atoms with Crippen LogP contribution in [0.2, 0.25) is 0 Å². The van der Waals surface area contributed by atoms with Crippen LogP contribution in [0.1, 0.15) is 23.0 Å². The van der Waals surface area contributed by atoms with Gasteiger partial charge < -0.3 is 19.0 Å². The summed E-state index contributed by atoms with van der Waals surface area (Å²) in [7, 11) is 0. The number of nitrogens with one attached hydrogen (secondary N) is 1. The van der Waals surface area contributed by atoms with Crippen LogP contribution < -0.4 is 10.1 Å². The van der Waals surface area contributed by atoms with E-state index in [0.29, 0.717) is 25.1 Å². The number of hydrogen-bond acceptors (Lipinski definition) is 3. The second-order valence-corrected chi connectivity index (χ2v) is 6.41. The number of nitrogens with zero attached hydrogens (tertiary/aromatic N) is 3. The van der Waals surface area contributed by atoms with Crippen molar-refractivity contribution >= 4 is 11.6 Å². The highest BCUT2D eigenvalue weighted by Crippen LogP contribution is 2.19. The Hall–Kier alpha value is -3.54. The van der Waals surface area contributed by atoms with Gasteiger partial charge in [-0.25, -0.2) is 4.98 Å². The number of carbonyl (C=O) groups is 1. The van der Waals surface area contributed by atoms with E-state index in [2.05, 4.69) is 10.3 Å². The second-order valence-electron chi connectivity index (χ2n) is 6.41. The maximum atomic E-state index is 12.4. The number of aromatic nitrogens is 3. The largest absolute Gasteiger partial charge is 0.490 e. The molecule has 0 unspecified atom stereocenters. The van der Waals surface area contributed by atoms with E-state index in [1.807, 2.05) is 89.2 Å². The number of amides is 1. The standard InChI is InChI=1S/C22H22N4O2/c1-2-28-20-6-5-15-26-16-18(24-21(20)26)11-12-23-22(27)17-7-9-19(10-8-17)25-13-3-4-14-25/h3-10,13-16H,2,11-12H2,1H3,(H,23,27). The second kappa shape index (κ2) is 8.00. The van der Waals surface area contributed by atoms with Crippen LogP contribution in [-0.4, -0.2) is 33.0 Å². The monoisotopic (exact) mass is 374 g/mol. The van der Waals surface area contributed by atoms with Crippen molar-refractivity contribution in [1.29, 1.82) is 0 Å². The third-order valence-corrected chi connectivity index (χ3v) is 4.50. The molecule has 0 aliphatic carbocycles. The van der Waals surface area contributed by atoms with Gasteiger partial charge in [-0.2, -0.15) is 0 Å². The summed E-state index contributed by atoms with van der Waals surface area (Å²) < 4.78 is 9.56. The molecule has 0 atom stereocenters. The Morgan fingerprint density at radius 3 is 2.61 bits per heavy atom. The van der Waals surface area contributed by atoms with E-state index < -0.39 is 0 Å². The topological polar surface area (TPSA) is 60.6 Å². The van der Waals surface area contributed by atoms with E-state index in [4.69, 9.17) is 4.74 Å². The maximum absolute atomic E-state index is 12.4. The van der Waals surface area contributed by atoms with Crippen molar-refractivity contribution in [3.63, 3.8) is 0 Å². The summed E-state index contributed by atoms with van der Waals surface area (Å²) >= 11 is 0. The van der Waals surface area contributed by atoms with Crippen molar-refractivity contribution in [3.8, 4) is 11.4 Å². The molecule has 142 valence electrons. The molecule has 6 nitrogen and oxygen atoms in total. The van der Waals surface area contributed by atoms with Gasteiger partial charge in [-0.05, 0) is 55.5 Å². The molecule has 0 fully saturated rings. The van der Waals surface area contributed by atoms with Crippen LogP contribution in [0.5, 0.6) is 5.75 Å². The molecule has 1 amide bonds. The average molecular weight is 374 g/mol. The molecule has 0 saturated heterocycles. The van der Waals surface area contributed by atoms with Gasteiger partial charge in [0.05, 0.1) is 12.3 Å². The summed E-state index contributed by atoms with van der Waals surface area (Å²) in [6, 6.07) is 15.3. The van der Waals surface area contributed by atoms with Gasteiger partial charge in [-0.15, -0.1) is 0 Å². The highest BCUT2D eigenvalue weighted by molar-refractivity contribution is 5.94. The zero-order chi connectivity index (χ0) is 19.3. The molecule has 1 aromatic carbocycles. The molecule has 1 N–H and O–H groups in total. The number of benzene rings is 1. The average Bonchev–Trinajstić information content (AvgIpc) is 3.38. The summed E-state index contributed by atoms with van der Waals surface area (Å²) in [6.07, 6.45) is 8.51. The van der Waals surface area contributed by atoms with Crippen molar-refractivity contribution in [2.75, 3.05) is 13.2 Å². The molecule has 4 aromatic rings. The van der Waals surface area contributed by atoms with E-state index in [9.17, 15) is 4.79 Å². The molecule has 0 spiro atoms. The molecule has 28 heavy (non-hydrogen) atoms. The minimum Gasteiger partial charge on any atom is -0.490 e. The Morgan fingerprint density at radius 2 is 1.86 bits per heavy atom. The lowest BCUT2D eigenvalue weighted by Crippen LogP contribution is -2.25. The Morgan fingerprint density at radius 1 is 1.07 bits per heavy atom. The van der Waals surface area contributed by atoms with Crippen LogP contribution in [0.15, 0.2) is 73.3 Å². The first-order valence-electron chi connectivity index (χ1n) is 9.35. The van der Waals surface area contributed by atoms with E-state index >= 15 is 0 Å². The van der Waals surface area contributed by atoms with Crippen LogP contribution in [0.25, 0.3) is 11.3 Å².